The summed E-state index contributed by atoms with van der Waals surface area (Å²) in [6.07, 6.45) is 0.679. The Morgan fingerprint density at radius 1 is 1.17 bits per heavy atom. The highest BCUT2D eigenvalue weighted by Gasteiger charge is 2.49. The number of nitrogens with one attached hydrogen (secondary N) is 1. The van der Waals surface area contributed by atoms with Gasteiger partial charge in [-0.05, 0) is 0 Å². The predicted octanol–water partition coefficient (Wildman–Crippen LogP) is 2.54. The number of benzene rings is 1. The molecule has 0 bridgehead atoms. The highest BCUT2D eigenvalue weighted by molar-refractivity contribution is 7.88. The van der Waals surface area contributed by atoms with Crippen LogP contribution in [0, 0.1) is 34.3 Å². The van der Waals surface area contributed by atoms with Crippen molar-refractivity contribution in [1.29, 1.82) is 10.5 Å². The van der Waals surface area contributed by atoms with E-state index >= 15 is 0 Å². The molecule has 1 aromatic rings. The van der Waals surface area contributed by atoms with E-state index in [2.05, 4.69) is 4.18 Å². The van der Waals surface area contributed by atoms with Crippen LogP contribution in [-0.4, -0.2) is 13.9 Å². The van der Waals surface area contributed by atoms with Crippen LogP contribution in [0.3, 0.4) is 0 Å². The molecular weight excluding hydrogens is 349 g/mol. The molecule has 1 N–H and O–H groups in total. The van der Waals surface area contributed by atoms with Crippen molar-refractivity contribution in [2.75, 3.05) is 5.32 Å². The number of alkyl halides is 3. The summed E-state index contributed by atoms with van der Waals surface area (Å²) in [6, 6.07) is 3.14. The number of hydrogen-bond donors (Lipinski definition) is 1. The van der Waals surface area contributed by atoms with Crippen molar-refractivity contribution in [1.82, 2.24) is 0 Å². The summed E-state index contributed by atoms with van der Waals surface area (Å²) < 4.78 is 88.4. The van der Waals surface area contributed by atoms with Gasteiger partial charge in [0.25, 0.3) is 0 Å². The first-order chi connectivity index (χ1) is 10.5. The van der Waals surface area contributed by atoms with E-state index in [1.54, 1.807) is 0 Å². The van der Waals surface area contributed by atoms with Gasteiger partial charge in [0.05, 0.1) is 5.69 Å². The summed E-state index contributed by atoms with van der Waals surface area (Å²) in [5.41, 5.74) is -7.06. The maximum atomic E-state index is 13.4. The summed E-state index contributed by atoms with van der Waals surface area (Å²) in [7, 11) is -6.15. The van der Waals surface area contributed by atoms with Gasteiger partial charge in [-0.1, -0.05) is 0 Å². The van der Waals surface area contributed by atoms with Crippen LogP contribution in [-0.2, 0) is 10.1 Å². The molecule has 0 radical (unpaired) electrons. The van der Waals surface area contributed by atoms with Crippen LogP contribution in [0.25, 0.3) is 0 Å². The lowest BCUT2D eigenvalue weighted by molar-refractivity contribution is -0.0500. The SMILES string of the molecule is N#CC(C#N)=CNc1cc(OS(=O)(=O)C(F)(F)F)c(F)cc1F. The average molecular weight is 353 g/mol. The Balaban J connectivity index is 3.24. The van der Waals surface area contributed by atoms with Gasteiger partial charge in [-0.25, -0.2) is 8.78 Å². The van der Waals surface area contributed by atoms with Crippen molar-refractivity contribution in [2.24, 2.45) is 0 Å². The molecule has 0 atom stereocenters. The highest BCUT2D eigenvalue weighted by Crippen LogP contribution is 2.31. The summed E-state index contributed by atoms with van der Waals surface area (Å²) >= 11 is 0. The van der Waals surface area contributed by atoms with Crippen molar-refractivity contribution in [3.63, 3.8) is 0 Å². The number of allylic oxidation sites excluding steroid dienone is 1. The van der Waals surface area contributed by atoms with E-state index in [4.69, 9.17) is 10.5 Å². The Bertz CT molecular complexity index is 818. The molecule has 12 heteroatoms. The molecule has 6 nitrogen and oxygen atoms in total. The number of rotatable bonds is 4. The molecule has 0 heterocycles. The van der Waals surface area contributed by atoms with Crippen LogP contribution < -0.4 is 9.50 Å². The minimum atomic E-state index is -6.15. The van der Waals surface area contributed by atoms with Crippen LogP contribution in [0.1, 0.15) is 0 Å². The third-order valence-corrected chi connectivity index (χ3v) is 3.08. The third kappa shape index (κ3) is 4.31. The minimum Gasteiger partial charge on any atom is -0.373 e. The summed E-state index contributed by atoms with van der Waals surface area (Å²) in [5.74, 6) is -4.45. The largest absolute Gasteiger partial charge is 0.534 e. The van der Waals surface area contributed by atoms with Crippen molar-refractivity contribution < 1.29 is 34.6 Å². The van der Waals surface area contributed by atoms with Gasteiger partial charge in [0.15, 0.2) is 11.6 Å². The monoisotopic (exact) mass is 353 g/mol. The topological polar surface area (TPSA) is 103 Å². The second-order valence-electron chi connectivity index (χ2n) is 3.67. The zero-order valence-electron chi connectivity index (χ0n) is 10.6. The fourth-order valence-electron chi connectivity index (χ4n) is 1.11. The molecule has 0 fully saturated rings. The molecule has 23 heavy (non-hydrogen) atoms. The average Bonchev–Trinajstić information content (AvgIpc) is 2.43. The summed E-state index contributed by atoms with van der Waals surface area (Å²) in [4.78, 5) is 0. The van der Waals surface area contributed by atoms with E-state index in [1.807, 2.05) is 5.32 Å². The normalized spacial score (nSPS) is 11.1. The predicted molar refractivity (Wildman–Crippen MR) is 64.9 cm³/mol. The van der Waals surface area contributed by atoms with E-state index in [-0.39, 0.29) is 12.1 Å². The number of anilines is 1. The van der Waals surface area contributed by atoms with E-state index in [9.17, 15) is 30.4 Å². The van der Waals surface area contributed by atoms with Crippen LogP contribution in [0.15, 0.2) is 23.9 Å². The first-order valence-electron chi connectivity index (χ1n) is 5.28. The van der Waals surface area contributed by atoms with Crippen molar-refractivity contribution >= 4 is 15.8 Å². The zero-order chi connectivity index (χ0) is 17.8. The number of hydrogen-bond acceptors (Lipinski definition) is 6. The van der Waals surface area contributed by atoms with Crippen LogP contribution in [0.5, 0.6) is 5.75 Å². The first kappa shape index (κ1) is 18.2. The Kier molecular flexibility index (Phi) is 5.14. The molecule has 0 saturated carbocycles. The smallest absolute Gasteiger partial charge is 0.373 e. The van der Waals surface area contributed by atoms with Gasteiger partial charge < -0.3 is 9.50 Å². The fraction of sp³-hybridized carbons (Fsp3) is 0.0909. The Hall–Kier alpha value is -2.86. The second kappa shape index (κ2) is 6.50. The molecule has 0 aliphatic rings. The molecular formula is C11H4F5N3O3S. The summed E-state index contributed by atoms with van der Waals surface area (Å²) in [6.45, 7) is 0. The quantitative estimate of drug-likeness (QED) is 0.386. The van der Waals surface area contributed by atoms with Gasteiger partial charge in [0, 0.05) is 18.3 Å². The van der Waals surface area contributed by atoms with Crippen LogP contribution in [0.4, 0.5) is 27.6 Å². The van der Waals surface area contributed by atoms with Crippen molar-refractivity contribution in [3.05, 3.63) is 35.5 Å². The summed E-state index contributed by atoms with van der Waals surface area (Å²) in [5, 5.41) is 18.9. The molecule has 0 unspecified atom stereocenters. The standard InChI is InChI=1S/C11H4F5N3O3S/c12-7-1-8(13)10(22-23(20,21)11(14,15)16)2-9(7)19-5-6(3-17)4-18/h1-2,5,19H. The maximum Gasteiger partial charge on any atom is 0.534 e. The van der Waals surface area contributed by atoms with Crippen molar-refractivity contribution in [2.45, 2.75) is 5.51 Å². The number of halogens is 5. The van der Waals surface area contributed by atoms with E-state index in [0.29, 0.717) is 6.20 Å². The molecule has 1 aromatic carbocycles. The number of nitrogens with zero attached hydrogens (tertiary/aromatic N) is 2. The van der Waals surface area contributed by atoms with Crippen LogP contribution >= 0.6 is 0 Å². The molecule has 0 aliphatic carbocycles. The Morgan fingerprint density at radius 3 is 2.22 bits per heavy atom. The van der Waals surface area contributed by atoms with Gasteiger partial charge in [-0.3, -0.25) is 0 Å². The molecule has 0 saturated heterocycles. The van der Waals surface area contributed by atoms with E-state index in [1.165, 1.54) is 12.1 Å². The maximum absolute atomic E-state index is 13.4. The Morgan fingerprint density at radius 2 is 1.74 bits per heavy atom. The van der Waals surface area contributed by atoms with Gasteiger partial charge >= 0.3 is 15.6 Å². The van der Waals surface area contributed by atoms with Gasteiger partial charge in [-0.2, -0.15) is 32.1 Å². The van der Waals surface area contributed by atoms with Gasteiger partial charge in [-0.15, -0.1) is 0 Å². The van der Waals surface area contributed by atoms with Crippen molar-refractivity contribution in [3.8, 4) is 17.9 Å². The lowest BCUT2D eigenvalue weighted by atomic mass is 10.2. The molecule has 122 valence electrons. The Labute approximate surface area is 126 Å². The molecule has 0 aromatic heterocycles. The number of nitriles is 2. The van der Waals surface area contributed by atoms with Gasteiger partial charge in [0.1, 0.15) is 23.5 Å². The zero-order valence-corrected chi connectivity index (χ0v) is 11.5. The second-order valence-corrected chi connectivity index (χ2v) is 5.21. The third-order valence-electron chi connectivity index (χ3n) is 2.12. The molecule has 1 rings (SSSR count). The van der Waals surface area contributed by atoms with Crippen LogP contribution in [0.2, 0.25) is 0 Å². The van der Waals surface area contributed by atoms with Gasteiger partial charge in [0.2, 0.25) is 0 Å². The van der Waals surface area contributed by atoms with E-state index < -0.39 is 44.3 Å². The highest BCUT2D eigenvalue weighted by atomic mass is 32.2. The first-order valence-corrected chi connectivity index (χ1v) is 6.69. The molecule has 0 amide bonds. The van der Waals surface area contributed by atoms with E-state index in [0.717, 1.165) is 0 Å². The minimum absolute atomic E-state index is 0.0653. The molecule has 0 aliphatic heterocycles. The lowest BCUT2D eigenvalue weighted by Crippen LogP contribution is -2.28. The lowest BCUT2D eigenvalue weighted by Gasteiger charge is -2.11. The fourth-order valence-corrected chi connectivity index (χ4v) is 1.57. The molecule has 0 spiro atoms.